The van der Waals surface area contributed by atoms with E-state index in [-0.39, 0.29) is 29.4 Å². The minimum Gasteiger partial charge on any atom is -0.497 e. The first-order valence-electron chi connectivity index (χ1n) is 12.8. The maximum Gasteiger partial charge on any atom is 0.329 e. The van der Waals surface area contributed by atoms with E-state index < -0.39 is 21.8 Å². The molecule has 2 amide bonds. The molecule has 0 aliphatic carbocycles. The zero-order chi connectivity index (χ0) is 30.1. The molecule has 12 heteroatoms. The van der Waals surface area contributed by atoms with Crippen LogP contribution >= 0.6 is 0 Å². The molecular formula is C30H30N4O7S. The van der Waals surface area contributed by atoms with Gasteiger partial charge in [0.25, 0.3) is 0 Å². The highest BCUT2D eigenvalue weighted by atomic mass is 32.2. The normalized spacial score (nSPS) is 11.4. The van der Waals surface area contributed by atoms with Crippen LogP contribution < -0.4 is 20.2 Å². The van der Waals surface area contributed by atoms with E-state index in [1.165, 1.54) is 30.8 Å². The number of anilines is 1. The van der Waals surface area contributed by atoms with Crippen molar-refractivity contribution in [1.82, 2.24) is 9.73 Å². The van der Waals surface area contributed by atoms with Gasteiger partial charge in [-0.3, -0.25) is 9.59 Å². The number of hydrazone groups is 1. The molecule has 0 aliphatic heterocycles. The van der Waals surface area contributed by atoms with E-state index in [1.807, 2.05) is 37.3 Å². The van der Waals surface area contributed by atoms with Gasteiger partial charge in [-0.15, -0.1) is 0 Å². The summed E-state index contributed by atoms with van der Waals surface area (Å²) >= 11 is 0. The van der Waals surface area contributed by atoms with Crippen LogP contribution in [-0.4, -0.2) is 45.0 Å². The number of hydrogen-bond acceptors (Lipinski definition) is 8. The summed E-state index contributed by atoms with van der Waals surface area (Å²) < 4.78 is 44.5. The number of amides is 2. The molecule has 2 N–H and O–H groups in total. The Morgan fingerprint density at radius 2 is 1.64 bits per heavy atom. The van der Waals surface area contributed by atoms with Crippen LogP contribution in [0.5, 0.6) is 11.5 Å². The van der Waals surface area contributed by atoms with Crippen molar-refractivity contribution < 1.29 is 31.9 Å². The molecule has 1 heterocycles. The predicted octanol–water partition coefficient (Wildman–Crippen LogP) is 4.09. The average molecular weight is 591 g/mol. The van der Waals surface area contributed by atoms with Gasteiger partial charge in [0.15, 0.2) is 0 Å². The topological polar surface area (TPSA) is 140 Å². The number of aryl methyl sites for hydroxylation is 1. The van der Waals surface area contributed by atoms with Crippen molar-refractivity contribution in [3.05, 3.63) is 108 Å². The first-order valence-corrected chi connectivity index (χ1v) is 14.2. The first-order chi connectivity index (χ1) is 20.2. The van der Waals surface area contributed by atoms with Gasteiger partial charge >= 0.3 is 11.8 Å². The fourth-order valence-corrected chi connectivity index (χ4v) is 5.28. The van der Waals surface area contributed by atoms with Gasteiger partial charge in [0.05, 0.1) is 37.6 Å². The Morgan fingerprint density at radius 1 is 0.905 bits per heavy atom. The number of hydrogen-bond donors (Lipinski definition) is 2. The molecule has 4 aromatic rings. The van der Waals surface area contributed by atoms with Crippen molar-refractivity contribution in [1.29, 1.82) is 0 Å². The lowest BCUT2D eigenvalue weighted by Crippen LogP contribution is -2.32. The van der Waals surface area contributed by atoms with Crippen molar-refractivity contribution in [2.24, 2.45) is 5.10 Å². The van der Waals surface area contributed by atoms with Crippen LogP contribution in [0, 0.1) is 6.92 Å². The quantitative estimate of drug-likeness (QED) is 0.152. The summed E-state index contributed by atoms with van der Waals surface area (Å²) in [5, 5.41) is 6.22. The number of benzene rings is 3. The molecule has 0 saturated heterocycles. The lowest BCUT2D eigenvalue weighted by molar-refractivity contribution is -0.136. The second kappa shape index (κ2) is 13.6. The maximum atomic E-state index is 13.5. The zero-order valence-electron chi connectivity index (χ0n) is 23.2. The van der Waals surface area contributed by atoms with Crippen molar-refractivity contribution in [2.45, 2.75) is 24.9 Å². The van der Waals surface area contributed by atoms with Crippen molar-refractivity contribution in [3.63, 3.8) is 0 Å². The molecule has 4 rings (SSSR count). The third kappa shape index (κ3) is 7.62. The molecule has 0 spiro atoms. The Labute approximate surface area is 243 Å². The monoisotopic (exact) mass is 590 g/mol. The number of furan rings is 1. The van der Waals surface area contributed by atoms with E-state index in [0.29, 0.717) is 17.3 Å². The van der Waals surface area contributed by atoms with Crippen LogP contribution in [0.4, 0.5) is 5.69 Å². The Kier molecular flexibility index (Phi) is 9.73. The van der Waals surface area contributed by atoms with Gasteiger partial charge in [-0.2, -0.15) is 9.41 Å². The molecule has 1 aromatic heterocycles. The van der Waals surface area contributed by atoms with Gasteiger partial charge in [-0.05, 0) is 48.9 Å². The van der Waals surface area contributed by atoms with Crippen LogP contribution in [0.25, 0.3) is 0 Å². The van der Waals surface area contributed by atoms with E-state index >= 15 is 0 Å². The minimum atomic E-state index is -3.86. The molecule has 0 bridgehead atoms. The molecule has 0 fully saturated rings. The second-order valence-electron chi connectivity index (χ2n) is 9.10. The SMILES string of the molecule is COc1ccc(NC(=O)C(=O)N/N=C/c2ccc(CN(Cc3ccccc3)S(=O)(=O)c3ccc(C)cc3)o2)c(OC)c1. The van der Waals surface area contributed by atoms with E-state index in [1.54, 1.807) is 48.5 Å². The van der Waals surface area contributed by atoms with Crippen LogP contribution in [0.3, 0.4) is 0 Å². The lowest BCUT2D eigenvalue weighted by atomic mass is 10.2. The Bertz CT molecular complexity index is 1670. The van der Waals surface area contributed by atoms with E-state index in [9.17, 15) is 18.0 Å². The van der Waals surface area contributed by atoms with Crippen molar-refractivity contribution in [2.75, 3.05) is 19.5 Å². The second-order valence-corrected chi connectivity index (χ2v) is 11.0. The Morgan fingerprint density at radius 3 is 2.33 bits per heavy atom. The summed E-state index contributed by atoms with van der Waals surface area (Å²) in [6.07, 6.45) is 1.21. The molecular weight excluding hydrogens is 560 g/mol. The molecule has 3 aromatic carbocycles. The van der Waals surface area contributed by atoms with Gasteiger partial charge in [0.1, 0.15) is 23.0 Å². The van der Waals surface area contributed by atoms with Crippen LogP contribution in [0.2, 0.25) is 0 Å². The molecule has 42 heavy (non-hydrogen) atoms. The summed E-state index contributed by atoms with van der Waals surface area (Å²) in [6.45, 7) is 1.97. The molecule has 0 unspecified atom stereocenters. The standard InChI is InChI=1S/C30H30N4O7S/c1-21-9-14-26(15-10-21)42(37,38)34(19-22-7-5-4-6-8-22)20-25-12-11-24(41-25)18-31-33-30(36)29(35)32-27-16-13-23(39-2)17-28(27)40-3/h4-18H,19-20H2,1-3H3,(H,32,35)(H,33,36)/b31-18+. The minimum absolute atomic E-state index is 0.0442. The van der Waals surface area contributed by atoms with Gasteiger partial charge in [0.2, 0.25) is 10.0 Å². The fraction of sp³-hybridized carbons (Fsp3) is 0.167. The average Bonchev–Trinajstić information content (AvgIpc) is 3.44. The summed E-state index contributed by atoms with van der Waals surface area (Å²) in [5.41, 5.74) is 4.17. The Balaban J connectivity index is 1.42. The van der Waals surface area contributed by atoms with E-state index in [2.05, 4.69) is 15.8 Å². The molecule has 0 radical (unpaired) electrons. The molecule has 0 atom stereocenters. The fourth-order valence-electron chi connectivity index (χ4n) is 3.88. The number of nitrogens with zero attached hydrogens (tertiary/aromatic N) is 2. The van der Waals surface area contributed by atoms with E-state index in [4.69, 9.17) is 13.9 Å². The van der Waals surface area contributed by atoms with Crippen LogP contribution in [-0.2, 0) is 32.7 Å². The van der Waals surface area contributed by atoms with Crippen molar-refractivity contribution >= 4 is 33.7 Å². The summed E-state index contributed by atoms with van der Waals surface area (Å²) in [5.74, 6) is -0.545. The number of ether oxygens (including phenoxy) is 2. The third-order valence-electron chi connectivity index (χ3n) is 6.10. The van der Waals surface area contributed by atoms with Crippen LogP contribution in [0.15, 0.2) is 99.3 Å². The highest BCUT2D eigenvalue weighted by Gasteiger charge is 2.26. The molecule has 0 aliphatic rings. The third-order valence-corrected chi connectivity index (χ3v) is 7.90. The maximum absolute atomic E-state index is 13.5. The van der Waals surface area contributed by atoms with Gasteiger partial charge in [0, 0.05) is 12.6 Å². The van der Waals surface area contributed by atoms with Gasteiger partial charge in [-0.25, -0.2) is 13.8 Å². The number of carbonyl (C=O) groups is 2. The van der Waals surface area contributed by atoms with Crippen LogP contribution in [0.1, 0.15) is 22.6 Å². The zero-order valence-corrected chi connectivity index (χ0v) is 24.1. The first kappa shape index (κ1) is 30.0. The number of nitrogens with one attached hydrogen (secondary N) is 2. The van der Waals surface area contributed by atoms with Gasteiger partial charge < -0.3 is 19.2 Å². The predicted molar refractivity (Wildman–Crippen MR) is 157 cm³/mol. The highest BCUT2D eigenvalue weighted by Crippen LogP contribution is 2.29. The lowest BCUT2D eigenvalue weighted by Gasteiger charge is -2.21. The van der Waals surface area contributed by atoms with Crippen molar-refractivity contribution in [3.8, 4) is 11.5 Å². The number of rotatable bonds is 11. The largest absolute Gasteiger partial charge is 0.497 e. The molecule has 11 nitrogen and oxygen atoms in total. The Hall–Kier alpha value is -4.94. The number of sulfonamides is 1. The summed E-state index contributed by atoms with van der Waals surface area (Å²) in [4.78, 5) is 24.7. The highest BCUT2D eigenvalue weighted by molar-refractivity contribution is 7.89. The smallest absolute Gasteiger partial charge is 0.329 e. The molecule has 218 valence electrons. The molecule has 0 saturated carbocycles. The van der Waals surface area contributed by atoms with Gasteiger partial charge in [-0.1, -0.05) is 48.0 Å². The number of methoxy groups -OCH3 is 2. The summed E-state index contributed by atoms with van der Waals surface area (Å²) in [7, 11) is -0.939. The van der Waals surface area contributed by atoms with E-state index in [0.717, 1.165) is 11.1 Å². The number of carbonyl (C=O) groups excluding carboxylic acids is 2. The summed E-state index contributed by atoms with van der Waals surface area (Å²) in [6, 6.07) is 23.8.